The Labute approximate surface area is 128 Å². The summed E-state index contributed by atoms with van der Waals surface area (Å²) in [5.74, 6) is 0.654. The molecule has 0 saturated heterocycles. The van der Waals surface area contributed by atoms with Crippen molar-refractivity contribution in [1.82, 2.24) is 29.9 Å². The molecule has 0 radical (unpaired) electrons. The highest BCUT2D eigenvalue weighted by Crippen LogP contribution is 2.21. The third kappa shape index (κ3) is 2.46. The van der Waals surface area contributed by atoms with Crippen LogP contribution in [-0.2, 0) is 0 Å². The summed E-state index contributed by atoms with van der Waals surface area (Å²) in [5.41, 5.74) is 2.11. The van der Waals surface area contributed by atoms with Crippen LogP contribution in [0.3, 0.4) is 0 Å². The van der Waals surface area contributed by atoms with E-state index in [1.165, 1.54) is 24.5 Å². The van der Waals surface area contributed by atoms with E-state index in [-0.39, 0.29) is 5.82 Å². The summed E-state index contributed by atoms with van der Waals surface area (Å²) in [5, 5.41) is 0. The Kier molecular flexibility index (Phi) is 2.94. The van der Waals surface area contributed by atoms with Crippen LogP contribution in [0, 0.1) is 5.82 Å². The van der Waals surface area contributed by atoms with Gasteiger partial charge in [0.15, 0.2) is 5.82 Å². The Hall–Kier alpha value is -3.42. The molecule has 0 unspecified atom stereocenters. The number of fused-ring (bicyclic) bond motifs is 1. The Morgan fingerprint density at radius 1 is 1.00 bits per heavy atom. The van der Waals surface area contributed by atoms with Crippen molar-refractivity contribution in [3.05, 3.63) is 59.3 Å². The smallest absolute Gasteiger partial charge is 0.338 e. The number of imidazole rings is 1. The third-order valence-corrected chi connectivity index (χ3v) is 3.30. The van der Waals surface area contributed by atoms with Crippen LogP contribution in [0.4, 0.5) is 4.39 Å². The maximum atomic E-state index is 13.2. The lowest BCUT2D eigenvalue weighted by Crippen LogP contribution is -2.08. The molecule has 1 aromatic carbocycles. The van der Waals surface area contributed by atoms with Crippen molar-refractivity contribution in [3.8, 4) is 22.8 Å². The SMILES string of the molecule is O=c1ncc(-c2ncc(-c3nc4ccc(F)cc4[nH]3)cn2)c[nH]1. The molecule has 23 heavy (non-hydrogen) atoms. The van der Waals surface area contributed by atoms with Gasteiger partial charge in [-0.2, -0.15) is 0 Å². The van der Waals surface area contributed by atoms with Crippen molar-refractivity contribution in [2.24, 2.45) is 0 Å². The topological polar surface area (TPSA) is 100 Å². The maximum Gasteiger partial charge on any atom is 0.344 e. The van der Waals surface area contributed by atoms with E-state index in [0.717, 1.165) is 0 Å². The number of rotatable bonds is 2. The fourth-order valence-corrected chi connectivity index (χ4v) is 2.18. The van der Waals surface area contributed by atoms with E-state index < -0.39 is 5.69 Å². The average Bonchev–Trinajstić information content (AvgIpc) is 2.99. The second-order valence-corrected chi connectivity index (χ2v) is 4.85. The quantitative estimate of drug-likeness (QED) is 0.589. The summed E-state index contributed by atoms with van der Waals surface area (Å²) in [4.78, 5) is 32.9. The van der Waals surface area contributed by atoms with Crippen LogP contribution in [0.2, 0.25) is 0 Å². The molecule has 0 amide bonds. The van der Waals surface area contributed by atoms with E-state index in [9.17, 15) is 9.18 Å². The van der Waals surface area contributed by atoms with Crippen LogP contribution in [0.15, 0.2) is 47.8 Å². The van der Waals surface area contributed by atoms with Gasteiger partial charge in [-0.15, -0.1) is 0 Å². The van der Waals surface area contributed by atoms with Crippen LogP contribution in [0.25, 0.3) is 33.8 Å². The largest absolute Gasteiger partial charge is 0.344 e. The zero-order valence-electron chi connectivity index (χ0n) is 11.6. The second-order valence-electron chi connectivity index (χ2n) is 4.85. The predicted molar refractivity (Wildman–Crippen MR) is 80.9 cm³/mol. The molecule has 0 aliphatic rings. The van der Waals surface area contributed by atoms with E-state index in [4.69, 9.17) is 0 Å². The first-order valence-electron chi connectivity index (χ1n) is 6.72. The lowest BCUT2D eigenvalue weighted by Gasteiger charge is -2.00. The van der Waals surface area contributed by atoms with Gasteiger partial charge in [0, 0.05) is 24.8 Å². The minimum Gasteiger partial charge on any atom is -0.338 e. The van der Waals surface area contributed by atoms with E-state index in [2.05, 4.69) is 29.9 Å². The molecule has 8 heteroatoms. The number of benzene rings is 1. The first-order valence-corrected chi connectivity index (χ1v) is 6.72. The molecule has 0 saturated carbocycles. The van der Waals surface area contributed by atoms with Gasteiger partial charge in [0.1, 0.15) is 11.6 Å². The zero-order chi connectivity index (χ0) is 15.8. The lowest BCUT2D eigenvalue weighted by atomic mass is 10.3. The average molecular weight is 308 g/mol. The first kappa shape index (κ1) is 13.3. The zero-order valence-corrected chi connectivity index (χ0v) is 11.6. The number of hydrogen-bond donors (Lipinski definition) is 2. The molecule has 0 bridgehead atoms. The highest BCUT2D eigenvalue weighted by Gasteiger charge is 2.08. The third-order valence-electron chi connectivity index (χ3n) is 3.30. The molecule has 3 aromatic heterocycles. The van der Waals surface area contributed by atoms with Crippen molar-refractivity contribution >= 4 is 11.0 Å². The molecule has 3 heterocycles. The molecule has 4 aromatic rings. The number of nitrogens with one attached hydrogen (secondary N) is 2. The Morgan fingerprint density at radius 3 is 2.52 bits per heavy atom. The minimum absolute atomic E-state index is 0.329. The molecule has 4 rings (SSSR count). The number of nitrogens with zero attached hydrogens (tertiary/aromatic N) is 4. The number of aromatic nitrogens is 6. The van der Waals surface area contributed by atoms with E-state index >= 15 is 0 Å². The normalized spacial score (nSPS) is 11.0. The summed E-state index contributed by atoms with van der Waals surface area (Å²) in [6.07, 6.45) is 6.09. The van der Waals surface area contributed by atoms with Crippen LogP contribution < -0.4 is 5.69 Å². The van der Waals surface area contributed by atoms with Crippen LogP contribution in [-0.4, -0.2) is 29.9 Å². The summed E-state index contributed by atoms with van der Waals surface area (Å²) in [6, 6.07) is 4.34. The Morgan fingerprint density at radius 2 is 1.78 bits per heavy atom. The molecule has 0 aliphatic carbocycles. The fraction of sp³-hybridized carbons (Fsp3) is 0. The van der Waals surface area contributed by atoms with Crippen molar-refractivity contribution in [2.75, 3.05) is 0 Å². The van der Waals surface area contributed by atoms with Gasteiger partial charge in [0.05, 0.1) is 22.2 Å². The second kappa shape index (κ2) is 5.09. The predicted octanol–water partition coefficient (Wildman–Crippen LogP) is 1.91. The van der Waals surface area contributed by atoms with Gasteiger partial charge in [0.2, 0.25) is 0 Å². The van der Waals surface area contributed by atoms with Crippen molar-refractivity contribution in [1.29, 1.82) is 0 Å². The fourth-order valence-electron chi connectivity index (χ4n) is 2.18. The van der Waals surface area contributed by atoms with Crippen molar-refractivity contribution in [3.63, 3.8) is 0 Å². The Balaban J connectivity index is 1.71. The summed E-state index contributed by atoms with van der Waals surface area (Å²) >= 11 is 0. The highest BCUT2D eigenvalue weighted by atomic mass is 19.1. The van der Waals surface area contributed by atoms with Gasteiger partial charge < -0.3 is 9.97 Å². The van der Waals surface area contributed by atoms with Gasteiger partial charge in [-0.3, -0.25) is 0 Å². The van der Waals surface area contributed by atoms with Crippen LogP contribution in [0.5, 0.6) is 0 Å². The first-order chi connectivity index (χ1) is 11.2. The summed E-state index contributed by atoms with van der Waals surface area (Å²) in [6.45, 7) is 0. The van der Waals surface area contributed by atoms with Crippen molar-refractivity contribution in [2.45, 2.75) is 0 Å². The molecular formula is C15H9FN6O. The number of aromatic amines is 2. The van der Waals surface area contributed by atoms with Crippen molar-refractivity contribution < 1.29 is 4.39 Å². The molecule has 112 valence electrons. The van der Waals surface area contributed by atoms with Crippen LogP contribution >= 0.6 is 0 Å². The monoisotopic (exact) mass is 308 g/mol. The van der Waals surface area contributed by atoms with E-state index in [1.54, 1.807) is 18.5 Å². The molecule has 0 spiro atoms. The molecule has 7 nitrogen and oxygen atoms in total. The van der Waals surface area contributed by atoms with Gasteiger partial charge in [-0.1, -0.05) is 0 Å². The number of hydrogen-bond acceptors (Lipinski definition) is 5. The van der Waals surface area contributed by atoms with Gasteiger partial charge >= 0.3 is 5.69 Å². The summed E-state index contributed by atoms with van der Waals surface area (Å²) < 4.78 is 13.2. The van der Waals surface area contributed by atoms with Gasteiger partial charge in [-0.25, -0.2) is 29.1 Å². The molecule has 0 atom stereocenters. The van der Waals surface area contributed by atoms with Gasteiger partial charge in [-0.05, 0) is 18.2 Å². The highest BCUT2D eigenvalue weighted by molar-refractivity contribution is 5.79. The van der Waals surface area contributed by atoms with E-state index in [0.29, 0.717) is 33.8 Å². The molecule has 2 N–H and O–H groups in total. The minimum atomic E-state index is -0.431. The standard InChI is InChI=1S/C15H9FN6O/c16-10-1-2-11-12(3-10)22-14(21-11)9-4-17-13(18-5-9)8-6-19-15(23)20-7-8/h1-7H,(H,21,22)(H,19,20,23). The lowest BCUT2D eigenvalue weighted by molar-refractivity contribution is 0.629. The molecular weight excluding hydrogens is 299 g/mol. The molecule has 0 aliphatic heterocycles. The summed E-state index contributed by atoms with van der Waals surface area (Å²) in [7, 11) is 0. The van der Waals surface area contributed by atoms with Gasteiger partial charge in [0.25, 0.3) is 0 Å². The number of halogens is 1. The Bertz CT molecular complexity index is 1030. The van der Waals surface area contributed by atoms with Crippen LogP contribution in [0.1, 0.15) is 0 Å². The number of H-pyrrole nitrogens is 2. The van der Waals surface area contributed by atoms with E-state index in [1.807, 2.05) is 0 Å². The molecule has 0 fully saturated rings. The maximum absolute atomic E-state index is 13.2.